The quantitative estimate of drug-likeness (QED) is 0.824. The first-order chi connectivity index (χ1) is 7.83. The van der Waals surface area contributed by atoms with Crippen molar-refractivity contribution < 1.29 is 15.6 Å². The molecular weight excluding hydrogens is 234 g/mol. The Balaban J connectivity index is 2.60. The minimum Gasteiger partial charge on any atom is -0.544 e. The fraction of sp³-hybridized carbons (Fsp3) is 0.462. The Morgan fingerprint density at radius 3 is 2.41 bits per heavy atom. The van der Waals surface area contributed by atoms with E-state index in [9.17, 15) is 9.90 Å². The minimum absolute atomic E-state index is 0.427. The molecule has 1 rings (SSSR count). The summed E-state index contributed by atoms with van der Waals surface area (Å²) in [6, 6.07) is 7.54. The molecule has 0 aliphatic carbocycles. The highest BCUT2D eigenvalue weighted by atomic mass is 32.2. The first kappa shape index (κ1) is 14.1. The number of aliphatic carboxylic acids is 1. The highest BCUT2D eigenvalue weighted by Crippen LogP contribution is 2.29. The molecule has 0 aliphatic heterocycles. The second kappa shape index (κ2) is 5.56. The lowest BCUT2D eigenvalue weighted by Crippen LogP contribution is -2.75. The lowest BCUT2D eigenvalue weighted by Gasteiger charge is -2.28. The van der Waals surface area contributed by atoms with Gasteiger partial charge in [-0.05, 0) is 26.3 Å². The molecule has 1 atom stereocenters. The number of carboxylic acid groups (broad SMARTS) is 1. The van der Waals surface area contributed by atoms with Gasteiger partial charge in [0.05, 0.1) is 4.75 Å². The van der Waals surface area contributed by atoms with Crippen LogP contribution in [0.5, 0.6) is 0 Å². The second-order valence-electron chi connectivity index (χ2n) is 4.75. The van der Waals surface area contributed by atoms with Gasteiger partial charge in [-0.1, -0.05) is 29.8 Å². The summed E-state index contributed by atoms with van der Waals surface area (Å²) in [7, 11) is 0. The molecule has 0 unspecified atom stereocenters. The Bertz CT molecular complexity index is 387. The summed E-state index contributed by atoms with van der Waals surface area (Å²) in [5.41, 5.74) is 6.07. The highest BCUT2D eigenvalue weighted by molar-refractivity contribution is 7.99. The van der Waals surface area contributed by atoms with Gasteiger partial charge >= 0.3 is 0 Å². The van der Waals surface area contributed by atoms with Gasteiger partial charge in [-0.3, -0.25) is 0 Å². The van der Waals surface area contributed by atoms with Gasteiger partial charge < -0.3 is 15.6 Å². The smallest absolute Gasteiger partial charge is 0.139 e. The molecule has 0 spiro atoms. The van der Waals surface area contributed by atoms with E-state index < -0.39 is 16.8 Å². The molecule has 0 aromatic heterocycles. The van der Waals surface area contributed by atoms with Crippen molar-refractivity contribution in [1.82, 2.24) is 0 Å². The van der Waals surface area contributed by atoms with Gasteiger partial charge in [-0.15, -0.1) is 11.8 Å². The predicted octanol–water partition coefficient (Wildman–Crippen LogP) is 0.367. The maximum Gasteiger partial charge on any atom is 0.139 e. The molecule has 4 heteroatoms. The zero-order chi connectivity index (χ0) is 13.1. The standard InChI is InChI=1S/C13H19NO2S/c1-9-4-6-10(7-5-9)8-17-13(2,3)11(14)12(15)16/h4-7,11H,8,14H2,1-3H3,(H,15,16)/t11-/m0/s1. The zero-order valence-corrected chi connectivity index (χ0v) is 11.3. The normalized spacial score (nSPS) is 13.4. The van der Waals surface area contributed by atoms with E-state index in [2.05, 4.69) is 30.0 Å². The SMILES string of the molecule is Cc1ccc(CSC(C)(C)[C@@H]([NH3+])C(=O)[O-])cc1. The van der Waals surface area contributed by atoms with E-state index >= 15 is 0 Å². The summed E-state index contributed by atoms with van der Waals surface area (Å²) >= 11 is 1.59. The largest absolute Gasteiger partial charge is 0.544 e. The van der Waals surface area contributed by atoms with Crippen LogP contribution in [0.2, 0.25) is 0 Å². The minimum atomic E-state index is -1.09. The summed E-state index contributed by atoms with van der Waals surface area (Å²) in [4.78, 5) is 10.8. The molecule has 1 aromatic carbocycles. The third-order valence-electron chi connectivity index (χ3n) is 2.86. The third kappa shape index (κ3) is 4.06. The molecule has 0 amide bonds. The van der Waals surface area contributed by atoms with E-state index in [0.29, 0.717) is 0 Å². The number of quaternary nitrogens is 1. The molecule has 0 heterocycles. The molecule has 3 N–H and O–H groups in total. The molecule has 3 nitrogen and oxygen atoms in total. The number of carbonyl (C=O) groups excluding carboxylic acids is 1. The number of hydrogen-bond acceptors (Lipinski definition) is 3. The van der Waals surface area contributed by atoms with Crippen LogP contribution in [0.1, 0.15) is 25.0 Å². The van der Waals surface area contributed by atoms with Crippen molar-refractivity contribution >= 4 is 17.7 Å². The topological polar surface area (TPSA) is 67.8 Å². The second-order valence-corrected chi connectivity index (χ2v) is 6.38. The maximum absolute atomic E-state index is 10.8. The van der Waals surface area contributed by atoms with Gasteiger partial charge in [0.2, 0.25) is 0 Å². The molecule has 0 saturated carbocycles. The first-order valence-electron chi connectivity index (χ1n) is 5.56. The van der Waals surface area contributed by atoms with E-state index in [1.807, 2.05) is 20.8 Å². The number of carbonyl (C=O) groups is 1. The lowest BCUT2D eigenvalue weighted by atomic mass is 10.1. The van der Waals surface area contributed by atoms with E-state index in [-0.39, 0.29) is 0 Å². The van der Waals surface area contributed by atoms with Gasteiger partial charge in [0.15, 0.2) is 0 Å². The van der Waals surface area contributed by atoms with Gasteiger partial charge in [0.25, 0.3) is 0 Å². The number of benzene rings is 1. The number of thioether (sulfide) groups is 1. The van der Waals surface area contributed by atoms with Crippen molar-refractivity contribution in [3.63, 3.8) is 0 Å². The summed E-state index contributed by atoms with van der Waals surface area (Å²) in [5, 5.41) is 10.8. The van der Waals surface area contributed by atoms with Crippen LogP contribution >= 0.6 is 11.8 Å². The van der Waals surface area contributed by atoms with Crippen LogP contribution in [0.4, 0.5) is 0 Å². The number of hydrogen-bond donors (Lipinski definition) is 1. The van der Waals surface area contributed by atoms with Gasteiger partial charge in [0, 0.05) is 5.75 Å². The average Bonchev–Trinajstić information content (AvgIpc) is 2.27. The average molecular weight is 253 g/mol. The molecule has 0 radical (unpaired) electrons. The van der Waals surface area contributed by atoms with Crippen molar-refractivity contribution in [3.8, 4) is 0 Å². The summed E-state index contributed by atoms with van der Waals surface area (Å²) in [6.07, 6.45) is 0. The fourth-order valence-electron chi connectivity index (χ4n) is 1.34. The van der Waals surface area contributed by atoms with Crippen molar-refractivity contribution in [2.75, 3.05) is 0 Å². The van der Waals surface area contributed by atoms with Crippen LogP contribution in [-0.2, 0) is 10.5 Å². The Morgan fingerprint density at radius 2 is 1.94 bits per heavy atom. The molecule has 0 saturated heterocycles. The summed E-state index contributed by atoms with van der Waals surface area (Å²) < 4.78 is -0.427. The van der Waals surface area contributed by atoms with Crippen molar-refractivity contribution in [2.45, 2.75) is 37.3 Å². The summed E-state index contributed by atoms with van der Waals surface area (Å²) in [6.45, 7) is 5.82. The highest BCUT2D eigenvalue weighted by Gasteiger charge is 2.31. The van der Waals surface area contributed by atoms with Crippen LogP contribution in [0.3, 0.4) is 0 Å². The Hall–Kier alpha value is -1.00. The number of rotatable bonds is 5. The number of carboxylic acids is 1. The Morgan fingerprint density at radius 1 is 1.41 bits per heavy atom. The van der Waals surface area contributed by atoms with E-state index in [0.717, 1.165) is 5.75 Å². The van der Waals surface area contributed by atoms with Crippen molar-refractivity contribution in [2.24, 2.45) is 0 Å². The van der Waals surface area contributed by atoms with Crippen LogP contribution in [0.25, 0.3) is 0 Å². The molecule has 0 bridgehead atoms. The van der Waals surface area contributed by atoms with E-state index in [1.54, 1.807) is 11.8 Å². The van der Waals surface area contributed by atoms with E-state index in [4.69, 9.17) is 0 Å². The fourth-order valence-corrected chi connectivity index (χ4v) is 2.37. The van der Waals surface area contributed by atoms with E-state index in [1.165, 1.54) is 11.1 Å². The molecule has 0 aliphatic rings. The molecule has 1 aromatic rings. The zero-order valence-electron chi connectivity index (χ0n) is 10.5. The van der Waals surface area contributed by atoms with Crippen LogP contribution < -0.4 is 10.8 Å². The Kier molecular flexibility index (Phi) is 4.60. The molecule has 94 valence electrons. The maximum atomic E-state index is 10.8. The number of aryl methyl sites for hydroxylation is 1. The van der Waals surface area contributed by atoms with Crippen LogP contribution in [0.15, 0.2) is 24.3 Å². The monoisotopic (exact) mass is 253 g/mol. The van der Waals surface area contributed by atoms with Crippen molar-refractivity contribution in [3.05, 3.63) is 35.4 Å². The lowest BCUT2D eigenvalue weighted by molar-refractivity contribution is -0.442. The Labute approximate surface area is 106 Å². The van der Waals surface area contributed by atoms with Gasteiger partial charge in [0.1, 0.15) is 12.0 Å². The molecule has 17 heavy (non-hydrogen) atoms. The summed E-state index contributed by atoms with van der Waals surface area (Å²) in [5.74, 6) is -0.307. The van der Waals surface area contributed by atoms with Gasteiger partial charge in [-0.25, -0.2) is 0 Å². The first-order valence-corrected chi connectivity index (χ1v) is 6.55. The van der Waals surface area contributed by atoms with Crippen LogP contribution in [-0.4, -0.2) is 16.8 Å². The molecule has 0 fully saturated rings. The third-order valence-corrected chi connectivity index (χ3v) is 4.36. The van der Waals surface area contributed by atoms with Gasteiger partial charge in [-0.2, -0.15) is 0 Å². The van der Waals surface area contributed by atoms with Crippen LogP contribution in [0, 0.1) is 6.92 Å². The molecular formula is C13H19NO2S. The van der Waals surface area contributed by atoms with Crippen molar-refractivity contribution in [1.29, 1.82) is 0 Å². The predicted molar refractivity (Wildman–Crippen MR) is 68.2 cm³/mol.